The number of fused-ring (bicyclic) bond motifs is 1. The molecule has 0 unspecified atom stereocenters. The van der Waals surface area contributed by atoms with Gasteiger partial charge in [-0.1, -0.05) is 23.8 Å². The number of nitrogens with two attached hydrogens (primary N) is 1. The summed E-state index contributed by atoms with van der Waals surface area (Å²) in [5.41, 5.74) is 8.91. The summed E-state index contributed by atoms with van der Waals surface area (Å²) in [6, 6.07) is 14.1. The van der Waals surface area contributed by atoms with Gasteiger partial charge in [0, 0.05) is 17.8 Å². The zero-order chi connectivity index (χ0) is 28.8. The van der Waals surface area contributed by atoms with Crippen LogP contribution in [0.4, 0.5) is 20.4 Å². The van der Waals surface area contributed by atoms with Crippen molar-refractivity contribution in [3.63, 3.8) is 0 Å². The third-order valence-electron chi connectivity index (χ3n) is 6.30. The molecule has 0 amide bonds. The van der Waals surface area contributed by atoms with Crippen LogP contribution in [0, 0.1) is 25.5 Å². The standard InChI is InChI=1S/C28H23F2N5O4S/c1-15-4-9-24(16(2)10-15)35-27(36)20-11-17(5-7-22(20)33-28(35)31)18-12-25(26(39-3)32-14-18)40(37,38)34-23-8-6-19(29)13-21(23)30/h4-14,34H,1-3H3,(H2,31,33). The van der Waals surface area contributed by atoms with E-state index in [1.54, 1.807) is 24.3 Å². The van der Waals surface area contributed by atoms with Crippen LogP contribution in [0.3, 0.4) is 0 Å². The summed E-state index contributed by atoms with van der Waals surface area (Å²) in [5, 5.41) is 0.249. The second-order valence-electron chi connectivity index (χ2n) is 9.09. The van der Waals surface area contributed by atoms with Crippen molar-refractivity contribution in [2.45, 2.75) is 18.7 Å². The van der Waals surface area contributed by atoms with Gasteiger partial charge in [0.25, 0.3) is 15.6 Å². The highest BCUT2D eigenvalue weighted by molar-refractivity contribution is 7.92. The molecule has 5 rings (SSSR count). The van der Waals surface area contributed by atoms with E-state index in [0.29, 0.717) is 28.4 Å². The fourth-order valence-corrected chi connectivity index (χ4v) is 5.59. The Bertz CT molecular complexity index is 1980. The molecular formula is C28H23F2N5O4S. The molecule has 0 atom stereocenters. The quantitative estimate of drug-likeness (QED) is 0.305. The molecule has 0 aliphatic heterocycles. The van der Waals surface area contributed by atoms with Gasteiger partial charge in [-0.15, -0.1) is 0 Å². The number of methoxy groups -OCH3 is 1. The van der Waals surface area contributed by atoms with Crippen molar-refractivity contribution >= 4 is 32.6 Å². The summed E-state index contributed by atoms with van der Waals surface area (Å²) in [5.74, 6) is -2.17. The molecule has 12 heteroatoms. The molecule has 0 bridgehead atoms. The van der Waals surface area contributed by atoms with Gasteiger partial charge in [0.05, 0.1) is 29.4 Å². The van der Waals surface area contributed by atoms with Crippen LogP contribution in [-0.4, -0.2) is 30.1 Å². The van der Waals surface area contributed by atoms with Gasteiger partial charge in [-0.25, -0.2) is 31.7 Å². The number of nitrogen functional groups attached to an aromatic ring is 1. The lowest BCUT2D eigenvalue weighted by molar-refractivity contribution is 0.385. The van der Waals surface area contributed by atoms with Crippen molar-refractivity contribution in [2.75, 3.05) is 17.6 Å². The first kappa shape index (κ1) is 26.8. The number of anilines is 2. The maximum Gasteiger partial charge on any atom is 0.267 e. The zero-order valence-corrected chi connectivity index (χ0v) is 22.4. The second kappa shape index (κ2) is 10.0. The van der Waals surface area contributed by atoms with Crippen LogP contribution in [-0.2, 0) is 10.0 Å². The Balaban J connectivity index is 1.62. The Labute approximate surface area is 228 Å². The number of sulfonamides is 1. The molecule has 0 saturated carbocycles. The third kappa shape index (κ3) is 4.84. The summed E-state index contributed by atoms with van der Waals surface area (Å²) in [4.78, 5) is 21.7. The van der Waals surface area contributed by atoms with E-state index < -0.39 is 32.9 Å². The van der Waals surface area contributed by atoms with Crippen LogP contribution in [0.2, 0.25) is 0 Å². The zero-order valence-electron chi connectivity index (χ0n) is 21.6. The van der Waals surface area contributed by atoms with Crippen molar-refractivity contribution in [3.8, 4) is 22.7 Å². The van der Waals surface area contributed by atoms with Gasteiger partial charge >= 0.3 is 0 Å². The minimum atomic E-state index is -4.42. The van der Waals surface area contributed by atoms with Crippen molar-refractivity contribution < 1.29 is 21.9 Å². The fraction of sp³-hybridized carbons (Fsp3) is 0.107. The lowest BCUT2D eigenvalue weighted by Gasteiger charge is -2.15. The average Bonchev–Trinajstić information content (AvgIpc) is 2.91. The van der Waals surface area contributed by atoms with E-state index in [9.17, 15) is 22.0 Å². The van der Waals surface area contributed by atoms with Crippen LogP contribution in [0.25, 0.3) is 27.7 Å². The SMILES string of the molecule is COc1ncc(-c2ccc3nc(N)n(-c4ccc(C)cc4C)c(=O)c3c2)cc1S(=O)(=O)Nc1ccc(F)cc1F. The highest BCUT2D eigenvalue weighted by atomic mass is 32.2. The Kier molecular flexibility index (Phi) is 6.72. The van der Waals surface area contributed by atoms with E-state index in [0.717, 1.165) is 23.3 Å². The topological polar surface area (TPSA) is 129 Å². The molecule has 2 aromatic heterocycles. The van der Waals surface area contributed by atoms with E-state index in [4.69, 9.17) is 10.5 Å². The van der Waals surface area contributed by atoms with Crippen LogP contribution in [0.1, 0.15) is 11.1 Å². The molecule has 0 saturated heterocycles. The molecule has 40 heavy (non-hydrogen) atoms. The highest BCUT2D eigenvalue weighted by Gasteiger charge is 2.24. The van der Waals surface area contributed by atoms with Crippen LogP contribution >= 0.6 is 0 Å². The van der Waals surface area contributed by atoms with Gasteiger partial charge in [-0.05, 0) is 61.4 Å². The van der Waals surface area contributed by atoms with Gasteiger partial charge in [0.1, 0.15) is 16.5 Å². The molecule has 0 fully saturated rings. The summed E-state index contributed by atoms with van der Waals surface area (Å²) >= 11 is 0. The molecule has 3 aromatic carbocycles. The van der Waals surface area contributed by atoms with Crippen molar-refractivity contribution in [1.29, 1.82) is 0 Å². The molecule has 204 valence electrons. The number of nitrogens with one attached hydrogen (secondary N) is 1. The molecule has 3 N–H and O–H groups in total. The second-order valence-corrected chi connectivity index (χ2v) is 10.7. The first-order valence-electron chi connectivity index (χ1n) is 11.9. The highest BCUT2D eigenvalue weighted by Crippen LogP contribution is 2.31. The number of benzene rings is 3. The van der Waals surface area contributed by atoms with Gasteiger partial charge < -0.3 is 10.5 Å². The van der Waals surface area contributed by atoms with Crippen LogP contribution in [0.15, 0.2) is 76.6 Å². The van der Waals surface area contributed by atoms with Crippen LogP contribution < -0.4 is 20.8 Å². The minimum Gasteiger partial charge on any atom is -0.480 e. The Morgan fingerprint density at radius 2 is 1.75 bits per heavy atom. The van der Waals surface area contributed by atoms with E-state index in [2.05, 4.69) is 14.7 Å². The Morgan fingerprint density at radius 1 is 0.975 bits per heavy atom. The number of hydrogen-bond donors (Lipinski definition) is 2. The smallest absolute Gasteiger partial charge is 0.267 e. The van der Waals surface area contributed by atoms with Crippen molar-refractivity contribution in [3.05, 3.63) is 100.0 Å². The van der Waals surface area contributed by atoms with Gasteiger partial charge in [0.15, 0.2) is 0 Å². The molecule has 0 aliphatic rings. The monoisotopic (exact) mass is 563 g/mol. The lowest BCUT2D eigenvalue weighted by atomic mass is 10.1. The number of rotatable bonds is 6. The largest absolute Gasteiger partial charge is 0.480 e. The number of nitrogens with zero attached hydrogens (tertiary/aromatic N) is 3. The summed E-state index contributed by atoms with van der Waals surface area (Å²) in [7, 11) is -3.19. The Hall–Kier alpha value is -4.84. The van der Waals surface area contributed by atoms with E-state index in [1.807, 2.05) is 26.0 Å². The number of ether oxygens (including phenoxy) is 1. The number of aromatic nitrogens is 3. The number of halogens is 2. The predicted molar refractivity (Wildman–Crippen MR) is 148 cm³/mol. The van der Waals surface area contributed by atoms with Gasteiger partial charge in [-0.3, -0.25) is 9.52 Å². The molecule has 0 spiro atoms. The maximum atomic E-state index is 14.2. The summed E-state index contributed by atoms with van der Waals surface area (Å²) in [6.07, 6.45) is 1.38. The van der Waals surface area contributed by atoms with E-state index >= 15 is 0 Å². The molecule has 0 aliphatic carbocycles. The number of hydrogen-bond acceptors (Lipinski definition) is 7. The maximum absolute atomic E-state index is 14.2. The van der Waals surface area contributed by atoms with E-state index in [-0.39, 0.29) is 22.1 Å². The Morgan fingerprint density at radius 3 is 2.45 bits per heavy atom. The molecule has 9 nitrogen and oxygen atoms in total. The average molecular weight is 564 g/mol. The normalized spacial score (nSPS) is 11.5. The molecule has 5 aromatic rings. The summed E-state index contributed by atoms with van der Waals surface area (Å²) in [6.45, 7) is 3.81. The predicted octanol–water partition coefficient (Wildman–Crippen LogP) is 4.73. The molecule has 0 radical (unpaired) electrons. The number of pyridine rings is 1. The van der Waals surface area contributed by atoms with Crippen LogP contribution in [0.5, 0.6) is 5.88 Å². The lowest BCUT2D eigenvalue weighted by Crippen LogP contribution is -2.23. The van der Waals surface area contributed by atoms with Crippen molar-refractivity contribution in [2.24, 2.45) is 0 Å². The summed E-state index contributed by atoms with van der Waals surface area (Å²) < 4.78 is 62.4. The van der Waals surface area contributed by atoms with E-state index in [1.165, 1.54) is 23.9 Å². The minimum absolute atomic E-state index is 0.0239. The van der Waals surface area contributed by atoms with Gasteiger partial charge in [0.2, 0.25) is 11.8 Å². The van der Waals surface area contributed by atoms with Gasteiger partial charge in [-0.2, -0.15) is 0 Å². The first-order chi connectivity index (χ1) is 19.0. The molecule has 2 heterocycles. The first-order valence-corrected chi connectivity index (χ1v) is 13.4. The third-order valence-corrected chi connectivity index (χ3v) is 7.66. The fourth-order valence-electron chi connectivity index (χ4n) is 4.38. The van der Waals surface area contributed by atoms with Crippen molar-refractivity contribution in [1.82, 2.24) is 14.5 Å². The number of aryl methyl sites for hydroxylation is 2. The molecular weight excluding hydrogens is 540 g/mol.